The van der Waals surface area contributed by atoms with Crippen molar-refractivity contribution in [2.75, 3.05) is 0 Å². The summed E-state index contributed by atoms with van der Waals surface area (Å²) in [5.41, 5.74) is 0.158. The molecule has 1 aromatic carbocycles. The number of ketones is 1. The fraction of sp³-hybridized carbons (Fsp3) is 0.143. The predicted molar refractivity (Wildman–Crippen MR) is 85.0 cm³/mol. The molecule has 0 amide bonds. The van der Waals surface area contributed by atoms with Crippen LogP contribution in [0.2, 0.25) is 0 Å². The Morgan fingerprint density at radius 2 is 1.91 bits per heavy atom. The van der Waals surface area contributed by atoms with E-state index in [-0.39, 0.29) is 32.5 Å². The molecule has 7 nitrogen and oxygen atoms in total. The number of halogens is 1. The first-order chi connectivity index (χ1) is 10.6. The van der Waals surface area contributed by atoms with E-state index in [2.05, 4.69) is 4.40 Å². The third-order valence-electron chi connectivity index (χ3n) is 3.17. The number of allylic oxidation sites excluding steroid dienone is 4. The topological polar surface area (TPSA) is 107 Å². The van der Waals surface area contributed by atoms with Crippen LogP contribution in [0, 0.1) is 10.1 Å². The van der Waals surface area contributed by atoms with E-state index in [4.69, 9.17) is 11.6 Å². The van der Waals surface area contributed by atoms with E-state index in [1.807, 2.05) is 0 Å². The van der Waals surface area contributed by atoms with Crippen molar-refractivity contribution in [2.24, 2.45) is 4.40 Å². The highest BCUT2D eigenvalue weighted by molar-refractivity contribution is 7.90. The van der Waals surface area contributed by atoms with Crippen molar-refractivity contribution in [3.05, 3.63) is 56.6 Å². The first kappa shape index (κ1) is 17.0. The van der Waals surface area contributed by atoms with Crippen LogP contribution in [0.3, 0.4) is 0 Å². The molecule has 23 heavy (non-hydrogen) atoms. The normalized spacial score (nSPS) is 17.4. The minimum atomic E-state index is -4.18. The van der Waals surface area contributed by atoms with Crippen LogP contribution in [-0.2, 0) is 14.8 Å². The van der Waals surface area contributed by atoms with Crippen molar-refractivity contribution in [2.45, 2.75) is 18.7 Å². The van der Waals surface area contributed by atoms with E-state index < -0.39 is 20.7 Å². The smallest absolute Gasteiger partial charge is 0.283 e. The van der Waals surface area contributed by atoms with Gasteiger partial charge in [-0.05, 0) is 31.6 Å². The number of Topliss-reactive ketones (excluding diaryl/α,β-unsaturated/α-hetero) is 1. The van der Waals surface area contributed by atoms with Gasteiger partial charge in [0.1, 0.15) is 0 Å². The molecular formula is C14H11ClN2O5S. The molecule has 0 fully saturated rings. The van der Waals surface area contributed by atoms with E-state index in [1.165, 1.54) is 38.1 Å². The lowest BCUT2D eigenvalue weighted by atomic mass is 9.99. The molecule has 0 atom stereocenters. The number of carbonyl (C=O) groups excluding carboxylic acids is 1. The highest BCUT2D eigenvalue weighted by Gasteiger charge is 2.24. The number of rotatable bonds is 3. The molecule has 0 aliphatic heterocycles. The quantitative estimate of drug-likeness (QED) is 0.471. The van der Waals surface area contributed by atoms with E-state index in [0.29, 0.717) is 0 Å². The van der Waals surface area contributed by atoms with E-state index >= 15 is 0 Å². The van der Waals surface area contributed by atoms with Gasteiger partial charge in [0, 0.05) is 17.7 Å². The van der Waals surface area contributed by atoms with Crippen LogP contribution >= 0.6 is 11.6 Å². The number of carbonyl (C=O) groups is 1. The zero-order chi connectivity index (χ0) is 17.4. The van der Waals surface area contributed by atoms with Gasteiger partial charge in [-0.1, -0.05) is 17.7 Å². The molecule has 0 radical (unpaired) electrons. The highest BCUT2D eigenvalue weighted by atomic mass is 35.5. The molecule has 0 heterocycles. The monoisotopic (exact) mass is 354 g/mol. The van der Waals surface area contributed by atoms with Crippen LogP contribution in [0.1, 0.15) is 13.8 Å². The predicted octanol–water partition coefficient (Wildman–Crippen LogP) is 2.77. The van der Waals surface area contributed by atoms with Crippen LogP contribution in [0.5, 0.6) is 0 Å². The Bertz CT molecular complexity index is 913. The first-order valence-corrected chi connectivity index (χ1v) is 8.14. The molecule has 0 N–H and O–H groups in total. The molecule has 0 saturated carbocycles. The minimum absolute atomic E-state index is 0.0265. The summed E-state index contributed by atoms with van der Waals surface area (Å²) in [6.45, 7) is 2.97. The molecule has 0 saturated heterocycles. The second kappa shape index (κ2) is 6.05. The Balaban J connectivity index is 2.55. The summed E-state index contributed by atoms with van der Waals surface area (Å²) in [5, 5.41) is 10.6. The Kier molecular flexibility index (Phi) is 4.49. The summed E-state index contributed by atoms with van der Waals surface area (Å²) < 4.78 is 28.3. The van der Waals surface area contributed by atoms with E-state index in [9.17, 15) is 23.3 Å². The summed E-state index contributed by atoms with van der Waals surface area (Å²) in [6, 6.07) is 4.56. The summed E-state index contributed by atoms with van der Waals surface area (Å²) in [5.74, 6) is -0.393. The third-order valence-corrected chi connectivity index (χ3v) is 4.91. The molecule has 0 unspecified atom stereocenters. The van der Waals surface area contributed by atoms with Crippen LogP contribution < -0.4 is 0 Å². The summed E-state index contributed by atoms with van der Waals surface area (Å²) in [7, 11) is -4.18. The highest BCUT2D eigenvalue weighted by Crippen LogP contribution is 2.25. The number of nitro benzene ring substituents is 1. The van der Waals surface area contributed by atoms with Crippen LogP contribution in [-0.4, -0.2) is 24.8 Å². The number of nitro groups is 1. The van der Waals surface area contributed by atoms with Gasteiger partial charge in [0.05, 0.1) is 20.6 Å². The van der Waals surface area contributed by atoms with Gasteiger partial charge in [-0.3, -0.25) is 14.9 Å². The molecule has 0 bridgehead atoms. The third kappa shape index (κ3) is 3.38. The Labute approximate surface area is 137 Å². The average molecular weight is 355 g/mol. The van der Waals surface area contributed by atoms with Crippen LogP contribution in [0.4, 0.5) is 5.69 Å². The maximum Gasteiger partial charge on any atom is 0.283 e. The number of benzene rings is 1. The molecule has 1 aliphatic rings. The molecule has 9 heteroatoms. The minimum Gasteiger partial charge on any atom is -0.288 e. The summed E-state index contributed by atoms with van der Waals surface area (Å²) in [6.07, 6.45) is 1.32. The fourth-order valence-corrected chi connectivity index (χ4v) is 3.19. The van der Waals surface area contributed by atoms with Crippen molar-refractivity contribution in [3.8, 4) is 0 Å². The zero-order valence-electron chi connectivity index (χ0n) is 12.1. The number of sulfonamides is 1. The van der Waals surface area contributed by atoms with Gasteiger partial charge in [0.2, 0.25) is 0 Å². The standard InChI is InChI=1S/C14H11ClN2O5S/c1-8-6-12(9(2)13(15)14(8)18)16-23(21,22)11-5-3-4-10(7-11)17(19)20/h3-7H,1-2H3. The number of hydrogen-bond donors (Lipinski definition) is 0. The van der Waals surface area contributed by atoms with Gasteiger partial charge < -0.3 is 0 Å². The van der Waals surface area contributed by atoms with Gasteiger partial charge in [0.25, 0.3) is 15.7 Å². The number of hydrogen-bond acceptors (Lipinski definition) is 5. The summed E-state index contributed by atoms with van der Waals surface area (Å²) >= 11 is 5.87. The van der Waals surface area contributed by atoms with Crippen molar-refractivity contribution in [3.63, 3.8) is 0 Å². The lowest BCUT2D eigenvalue weighted by Crippen LogP contribution is -2.15. The summed E-state index contributed by atoms with van der Waals surface area (Å²) in [4.78, 5) is 21.4. The Morgan fingerprint density at radius 3 is 2.52 bits per heavy atom. The van der Waals surface area contributed by atoms with Gasteiger partial charge in [-0.2, -0.15) is 12.8 Å². The fourth-order valence-electron chi connectivity index (χ4n) is 1.87. The largest absolute Gasteiger partial charge is 0.288 e. The Hall–Kier alpha value is -2.32. The molecule has 120 valence electrons. The number of non-ortho nitro benzene ring substituents is 1. The van der Waals surface area contributed by atoms with Crippen molar-refractivity contribution in [1.82, 2.24) is 0 Å². The lowest BCUT2D eigenvalue weighted by Gasteiger charge is -2.12. The Morgan fingerprint density at radius 1 is 1.26 bits per heavy atom. The van der Waals surface area contributed by atoms with E-state index in [0.717, 1.165) is 6.07 Å². The van der Waals surface area contributed by atoms with Gasteiger partial charge in [-0.15, -0.1) is 0 Å². The van der Waals surface area contributed by atoms with Crippen LogP contribution in [0.25, 0.3) is 0 Å². The SMILES string of the molecule is CC1=CC(=NS(=O)(=O)c2cccc([N+](=O)[O-])c2)C(C)=C(Cl)C1=O. The molecule has 0 aromatic heterocycles. The van der Waals surface area contributed by atoms with Crippen LogP contribution in [0.15, 0.2) is 55.8 Å². The molecular weight excluding hydrogens is 344 g/mol. The van der Waals surface area contributed by atoms with Crippen molar-refractivity contribution in [1.29, 1.82) is 0 Å². The second-order valence-corrected chi connectivity index (χ2v) is 6.78. The van der Waals surface area contributed by atoms with Gasteiger partial charge >= 0.3 is 0 Å². The molecule has 1 aliphatic carbocycles. The van der Waals surface area contributed by atoms with E-state index in [1.54, 1.807) is 0 Å². The van der Waals surface area contributed by atoms with Gasteiger partial charge in [-0.25, -0.2) is 0 Å². The molecule has 2 rings (SSSR count). The van der Waals surface area contributed by atoms with Crippen molar-refractivity contribution >= 4 is 38.8 Å². The first-order valence-electron chi connectivity index (χ1n) is 6.32. The lowest BCUT2D eigenvalue weighted by molar-refractivity contribution is -0.385. The molecule has 0 spiro atoms. The maximum absolute atomic E-state index is 12.3. The average Bonchev–Trinajstić information content (AvgIpc) is 2.50. The maximum atomic E-state index is 12.3. The zero-order valence-corrected chi connectivity index (χ0v) is 13.7. The molecule has 1 aromatic rings. The second-order valence-electron chi connectivity index (χ2n) is 4.80. The number of nitrogens with zero attached hydrogens (tertiary/aromatic N) is 2. The van der Waals surface area contributed by atoms with Crippen molar-refractivity contribution < 1.29 is 18.1 Å². The van der Waals surface area contributed by atoms with Gasteiger partial charge in [0.15, 0.2) is 5.78 Å².